The summed E-state index contributed by atoms with van der Waals surface area (Å²) in [5.74, 6) is 2.03. The number of fused-ring (bicyclic) bond motifs is 1. The second-order valence-electron chi connectivity index (χ2n) is 7.10. The van der Waals surface area contributed by atoms with Crippen LogP contribution in [-0.2, 0) is 4.79 Å². The van der Waals surface area contributed by atoms with Gasteiger partial charge in [-0.2, -0.15) is 0 Å². The van der Waals surface area contributed by atoms with Crippen LogP contribution in [0.25, 0.3) is 10.2 Å². The van der Waals surface area contributed by atoms with Gasteiger partial charge in [0.2, 0.25) is 5.91 Å². The number of anilines is 1. The zero-order valence-electron chi connectivity index (χ0n) is 16.8. The quantitative estimate of drug-likeness (QED) is 0.358. The molecule has 8 heteroatoms. The molecule has 5 nitrogen and oxygen atoms in total. The number of nitrogens with zero attached hydrogens (tertiary/aromatic N) is 3. The summed E-state index contributed by atoms with van der Waals surface area (Å²) >= 11 is 9.36. The minimum atomic E-state index is 0.250. The van der Waals surface area contributed by atoms with Gasteiger partial charge in [-0.3, -0.25) is 4.79 Å². The Hall–Kier alpha value is -1.96. The number of piperazine rings is 1. The van der Waals surface area contributed by atoms with Crippen molar-refractivity contribution < 1.29 is 9.53 Å². The third kappa shape index (κ3) is 5.20. The number of methoxy groups -OCH3 is 1. The molecule has 2 aromatic carbocycles. The predicted molar refractivity (Wildman–Crippen MR) is 126 cm³/mol. The molecule has 30 heavy (non-hydrogen) atoms. The first kappa shape index (κ1) is 21.3. The molecule has 1 amide bonds. The van der Waals surface area contributed by atoms with Crippen LogP contribution in [-0.4, -0.2) is 54.8 Å². The predicted octanol–water partition coefficient (Wildman–Crippen LogP) is 5.18. The van der Waals surface area contributed by atoms with E-state index in [-0.39, 0.29) is 5.91 Å². The Kier molecular flexibility index (Phi) is 7.02. The molecule has 0 atom stereocenters. The van der Waals surface area contributed by atoms with Gasteiger partial charge in [-0.15, -0.1) is 11.8 Å². The van der Waals surface area contributed by atoms with E-state index >= 15 is 0 Å². The van der Waals surface area contributed by atoms with Crippen molar-refractivity contribution in [3.8, 4) is 5.75 Å². The van der Waals surface area contributed by atoms with Crippen molar-refractivity contribution in [1.82, 2.24) is 9.88 Å². The van der Waals surface area contributed by atoms with Crippen LogP contribution in [0.15, 0.2) is 47.4 Å². The number of thioether (sulfide) groups is 1. The van der Waals surface area contributed by atoms with E-state index in [9.17, 15) is 4.79 Å². The van der Waals surface area contributed by atoms with Gasteiger partial charge < -0.3 is 14.5 Å². The average Bonchev–Trinajstić information content (AvgIpc) is 3.21. The molecular formula is C22H24ClN3O2S2. The normalized spacial score (nSPS) is 14.3. The SMILES string of the molecule is COc1ccc2nc(N3CCN(C(=O)CCCSc4ccc(Cl)cc4)CC3)sc2c1. The monoisotopic (exact) mass is 461 g/mol. The van der Waals surface area contributed by atoms with Gasteiger partial charge >= 0.3 is 0 Å². The zero-order valence-corrected chi connectivity index (χ0v) is 19.2. The van der Waals surface area contributed by atoms with Crippen LogP contribution < -0.4 is 9.64 Å². The van der Waals surface area contributed by atoms with Crippen LogP contribution in [0.5, 0.6) is 5.75 Å². The summed E-state index contributed by atoms with van der Waals surface area (Å²) in [5.41, 5.74) is 0.993. The number of aromatic nitrogens is 1. The maximum atomic E-state index is 12.6. The molecule has 0 spiro atoms. The lowest BCUT2D eigenvalue weighted by atomic mass is 10.2. The van der Waals surface area contributed by atoms with Crippen molar-refractivity contribution in [2.24, 2.45) is 0 Å². The van der Waals surface area contributed by atoms with Crippen LogP contribution in [0.4, 0.5) is 5.13 Å². The number of amides is 1. The van der Waals surface area contributed by atoms with Crippen LogP contribution in [0, 0.1) is 0 Å². The average molecular weight is 462 g/mol. The molecule has 1 saturated heterocycles. The fourth-order valence-electron chi connectivity index (χ4n) is 3.40. The number of thiazole rings is 1. The highest BCUT2D eigenvalue weighted by atomic mass is 35.5. The molecule has 0 radical (unpaired) electrons. The molecule has 1 aromatic heterocycles. The number of carbonyl (C=O) groups is 1. The van der Waals surface area contributed by atoms with Crippen molar-refractivity contribution >= 4 is 56.0 Å². The number of carbonyl (C=O) groups excluding carboxylic acids is 1. The second kappa shape index (κ2) is 9.90. The zero-order chi connectivity index (χ0) is 20.9. The largest absolute Gasteiger partial charge is 0.497 e. The van der Waals surface area contributed by atoms with Gasteiger partial charge in [0.15, 0.2) is 5.13 Å². The van der Waals surface area contributed by atoms with E-state index in [1.165, 1.54) is 4.90 Å². The summed E-state index contributed by atoms with van der Waals surface area (Å²) in [6, 6.07) is 13.8. The number of benzene rings is 2. The number of hydrogen-bond donors (Lipinski definition) is 0. The van der Waals surface area contributed by atoms with E-state index in [0.717, 1.165) is 64.5 Å². The first-order valence-electron chi connectivity index (χ1n) is 9.98. The summed E-state index contributed by atoms with van der Waals surface area (Å²) in [7, 11) is 1.68. The van der Waals surface area contributed by atoms with Gasteiger partial charge in [-0.1, -0.05) is 22.9 Å². The summed E-state index contributed by atoms with van der Waals surface area (Å²) in [6.07, 6.45) is 1.48. The number of hydrogen-bond acceptors (Lipinski definition) is 6. The van der Waals surface area contributed by atoms with Crippen LogP contribution in [0.2, 0.25) is 5.02 Å². The molecule has 0 bridgehead atoms. The van der Waals surface area contributed by atoms with Gasteiger partial charge in [0, 0.05) is 42.5 Å². The molecule has 0 N–H and O–H groups in total. The van der Waals surface area contributed by atoms with Crippen LogP contribution >= 0.6 is 34.7 Å². The molecular weight excluding hydrogens is 438 g/mol. The Bertz CT molecular complexity index is 1000. The maximum absolute atomic E-state index is 12.6. The second-order valence-corrected chi connectivity index (χ2v) is 9.72. The highest BCUT2D eigenvalue weighted by Crippen LogP contribution is 2.32. The molecule has 1 fully saturated rings. The molecule has 4 rings (SSSR count). The van der Waals surface area contributed by atoms with Gasteiger partial charge in [0.05, 0.1) is 17.3 Å². The van der Waals surface area contributed by atoms with E-state index < -0.39 is 0 Å². The molecule has 158 valence electrons. The Morgan fingerprint density at radius 2 is 1.93 bits per heavy atom. The Morgan fingerprint density at radius 3 is 2.67 bits per heavy atom. The first-order chi connectivity index (χ1) is 14.6. The Morgan fingerprint density at radius 1 is 1.17 bits per heavy atom. The smallest absolute Gasteiger partial charge is 0.222 e. The Labute approximate surface area is 190 Å². The standard InChI is InChI=1S/C22H24ClN3O2S2/c1-28-17-6-9-19-20(15-17)30-22(24-19)26-12-10-25(11-13-26)21(27)3-2-14-29-18-7-4-16(23)5-8-18/h4-9,15H,2-3,10-14H2,1H3. The minimum absolute atomic E-state index is 0.250. The lowest BCUT2D eigenvalue weighted by Crippen LogP contribution is -2.48. The summed E-state index contributed by atoms with van der Waals surface area (Å²) in [5, 5.41) is 1.77. The van der Waals surface area contributed by atoms with Crippen molar-refractivity contribution in [2.75, 3.05) is 43.9 Å². The summed E-state index contributed by atoms with van der Waals surface area (Å²) in [4.78, 5) is 22.8. The fraction of sp³-hybridized carbons (Fsp3) is 0.364. The highest BCUT2D eigenvalue weighted by Gasteiger charge is 2.22. The van der Waals surface area contributed by atoms with E-state index in [1.807, 2.05) is 47.4 Å². The van der Waals surface area contributed by atoms with Crippen LogP contribution in [0.3, 0.4) is 0 Å². The molecule has 0 aliphatic carbocycles. The molecule has 1 aliphatic heterocycles. The van der Waals surface area contributed by atoms with Gasteiger partial charge in [-0.05, 0) is 54.6 Å². The van der Waals surface area contributed by atoms with Crippen molar-refractivity contribution in [2.45, 2.75) is 17.7 Å². The van der Waals surface area contributed by atoms with E-state index in [1.54, 1.807) is 30.2 Å². The number of halogens is 1. The summed E-state index contributed by atoms with van der Waals surface area (Å²) in [6.45, 7) is 3.15. The van der Waals surface area contributed by atoms with Crippen molar-refractivity contribution in [3.05, 3.63) is 47.5 Å². The minimum Gasteiger partial charge on any atom is -0.497 e. The van der Waals surface area contributed by atoms with Gasteiger partial charge in [0.25, 0.3) is 0 Å². The van der Waals surface area contributed by atoms with Crippen molar-refractivity contribution in [1.29, 1.82) is 0 Å². The Balaban J connectivity index is 1.23. The highest BCUT2D eigenvalue weighted by molar-refractivity contribution is 7.99. The van der Waals surface area contributed by atoms with E-state index in [0.29, 0.717) is 6.42 Å². The summed E-state index contributed by atoms with van der Waals surface area (Å²) < 4.78 is 6.43. The molecule has 0 saturated carbocycles. The van der Waals surface area contributed by atoms with Gasteiger partial charge in [0.1, 0.15) is 5.75 Å². The lowest BCUT2D eigenvalue weighted by molar-refractivity contribution is -0.131. The molecule has 1 aliphatic rings. The molecule has 2 heterocycles. The topological polar surface area (TPSA) is 45.7 Å². The third-order valence-corrected chi connectivity index (χ3v) is 7.53. The number of rotatable bonds is 7. The maximum Gasteiger partial charge on any atom is 0.222 e. The fourth-order valence-corrected chi connectivity index (χ4v) is 5.43. The first-order valence-corrected chi connectivity index (χ1v) is 12.2. The van der Waals surface area contributed by atoms with Gasteiger partial charge in [-0.25, -0.2) is 4.98 Å². The third-order valence-electron chi connectivity index (χ3n) is 5.10. The van der Waals surface area contributed by atoms with E-state index in [4.69, 9.17) is 21.3 Å². The lowest BCUT2D eigenvalue weighted by Gasteiger charge is -2.34. The van der Waals surface area contributed by atoms with Crippen molar-refractivity contribution in [3.63, 3.8) is 0 Å². The molecule has 0 unspecified atom stereocenters. The van der Waals surface area contributed by atoms with E-state index in [2.05, 4.69) is 4.90 Å². The van der Waals surface area contributed by atoms with Crippen LogP contribution in [0.1, 0.15) is 12.8 Å². The number of ether oxygens (including phenoxy) is 1. The molecule has 3 aromatic rings.